The smallest absolute Gasteiger partial charge is 0.272 e. The monoisotopic (exact) mass is 398 g/mol. The van der Waals surface area contributed by atoms with Gasteiger partial charge < -0.3 is 9.47 Å². The SMILES string of the molecule is CC(C)n1c(C2CCCN(C(=O)c3ccc4ccccc4n3)C2)nc2ccccc21. The molecule has 30 heavy (non-hydrogen) atoms. The molecule has 3 heterocycles. The molecule has 0 saturated carbocycles. The summed E-state index contributed by atoms with van der Waals surface area (Å²) >= 11 is 0. The van der Waals surface area contributed by atoms with Crippen LogP contribution < -0.4 is 0 Å². The summed E-state index contributed by atoms with van der Waals surface area (Å²) in [6, 6.07) is 20.4. The fourth-order valence-electron chi connectivity index (χ4n) is 4.61. The Morgan fingerprint density at radius 1 is 0.967 bits per heavy atom. The fraction of sp³-hybridized carbons (Fsp3) is 0.320. The Balaban J connectivity index is 1.45. The number of hydrogen-bond acceptors (Lipinski definition) is 3. The first-order valence-electron chi connectivity index (χ1n) is 10.7. The highest BCUT2D eigenvalue weighted by molar-refractivity contribution is 5.95. The molecule has 0 aliphatic carbocycles. The number of nitrogens with zero attached hydrogens (tertiary/aromatic N) is 4. The molecule has 4 aromatic rings. The Bertz CT molecular complexity index is 1230. The summed E-state index contributed by atoms with van der Waals surface area (Å²) in [4.78, 5) is 24.8. The van der Waals surface area contributed by atoms with Gasteiger partial charge in [0, 0.05) is 30.4 Å². The third-order valence-electron chi connectivity index (χ3n) is 6.03. The first-order chi connectivity index (χ1) is 14.6. The van der Waals surface area contributed by atoms with E-state index in [9.17, 15) is 4.79 Å². The van der Waals surface area contributed by atoms with E-state index in [4.69, 9.17) is 4.98 Å². The molecule has 0 spiro atoms. The van der Waals surface area contributed by atoms with E-state index in [1.165, 1.54) is 5.52 Å². The Kier molecular flexibility index (Phi) is 4.74. The molecule has 5 heteroatoms. The first-order valence-corrected chi connectivity index (χ1v) is 10.7. The van der Waals surface area contributed by atoms with Gasteiger partial charge in [-0.15, -0.1) is 0 Å². The summed E-state index contributed by atoms with van der Waals surface area (Å²) in [6.07, 6.45) is 2.02. The summed E-state index contributed by atoms with van der Waals surface area (Å²) in [6.45, 7) is 5.85. The molecule has 1 unspecified atom stereocenters. The lowest BCUT2D eigenvalue weighted by molar-refractivity contribution is 0.0697. The van der Waals surface area contributed by atoms with Crippen LogP contribution in [0.4, 0.5) is 0 Å². The van der Waals surface area contributed by atoms with Gasteiger partial charge in [-0.25, -0.2) is 9.97 Å². The van der Waals surface area contributed by atoms with E-state index in [1.807, 2.05) is 47.4 Å². The number of fused-ring (bicyclic) bond motifs is 2. The van der Waals surface area contributed by atoms with Gasteiger partial charge in [0.1, 0.15) is 11.5 Å². The minimum absolute atomic E-state index is 0.0117. The number of piperidine rings is 1. The Morgan fingerprint density at radius 3 is 2.57 bits per heavy atom. The number of hydrogen-bond donors (Lipinski definition) is 0. The Labute approximate surface area is 176 Å². The molecule has 0 bridgehead atoms. The molecule has 5 nitrogen and oxygen atoms in total. The topological polar surface area (TPSA) is 51.0 Å². The minimum atomic E-state index is 0.0117. The first kappa shape index (κ1) is 18.8. The second-order valence-corrected chi connectivity index (χ2v) is 8.40. The van der Waals surface area contributed by atoms with Crippen LogP contribution in [0, 0.1) is 0 Å². The second-order valence-electron chi connectivity index (χ2n) is 8.40. The van der Waals surface area contributed by atoms with Gasteiger partial charge in [0.15, 0.2) is 0 Å². The minimum Gasteiger partial charge on any atom is -0.337 e. The van der Waals surface area contributed by atoms with Crippen LogP contribution in [0.15, 0.2) is 60.7 Å². The van der Waals surface area contributed by atoms with Crippen molar-refractivity contribution in [3.8, 4) is 0 Å². The van der Waals surface area contributed by atoms with Crippen molar-refractivity contribution in [1.82, 2.24) is 19.4 Å². The zero-order chi connectivity index (χ0) is 20.7. The molecule has 1 atom stereocenters. The molecule has 2 aromatic carbocycles. The molecule has 1 fully saturated rings. The molecule has 1 saturated heterocycles. The van der Waals surface area contributed by atoms with E-state index in [2.05, 4.69) is 41.6 Å². The van der Waals surface area contributed by atoms with Crippen LogP contribution >= 0.6 is 0 Å². The zero-order valence-electron chi connectivity index (χ0n) is 17.5. The van der Waals surface area contributed by atoms with Gasteiger partial charge in [-0.2, -0.15) is 0 Å². The van der Waals surface area contributed by atoms with E-state index < -0.39 is 0 Å². The van der Waals surface area contributed by atoms with Crippen molar-refractivity contribution in [2.24, 2.45) is 0 Å². The van der Waals surface area contributed by atoms with Crippen LogP contribution in [0.3, 0.4) is 0 Å². The van der Waals surface area contributed by atoms with E-state index >= 15 is 0 Å². The molecule has 1 aliphatic rings. The lowest BCUT2D eigenvalue weighted by atomic mass is 9.96. The lowest BCUT2D eigenvalue weighted by Gasteiger charge is -2.33. The molecular weight excluding hydrogens is 372 g/mol. The van der Waals surface area contributed by atoms with E-state index in [-0.39, 0.29) is 11.8 Å². The third kappa shape index (κ3) is 3.24. The third-order valence-corrected chi connectivity index (χ3v) is 6.03. The van der Waals surface area contributed by atoms with Gasteiger partial charge in [-0.05, 0) is 51.0 Å². The highest BCUT2D eigenvalue weighted by Crippen LogP contribution is 2.32. The summed E-state index contributed by atoms with van der Waals surface area (Å²) < 4.78 is 2.34. The van der Waals surface area contributed by atoms with Crippen molar-refractivity contribution < 1.29 is 4.79 Å². The molecule has 1 aliphatic heterocycles. The van der Waals surface area contributed by atoms with Crippen LogP contribution in [-0.4, -0.2) is 38.4 Å². The zero-order valence-corrected chi connectivity index (χ0v) is 17.5. The van der Waals surface area contributed by atoms with Crippen molar-refractivity contribution in [3.05, 3.63) is 72.2 Å². The van der Waals surface area contributed by atoms with Gasteiger partial charge in [0.25, 0.3) is 5.91 Å². The van der Waals surface area contributed by atoms with Crippen LogP contribution in [-0.2, 0) is 0 Å². The van der Waals surface area contributed by atoms with Crippen molar-refractivity contribution in [1.29, 1.82) is 0 Å². The maximum atomic E-state index is 13.2. The number of aromatic nitrogens is 3. The number of imidazole rings is 1. The quantitative estimate of drug-likeness (QED) is 0.477. The number of carbonyl (C=O) groups is 1. The van der Waals surface area contributed by atoms with Gasteiger partial charge in [0.2, 0.25) is 0 Å². The number of rotatable bonds is 3. The van der Waals surface area contributed by atoms with Gasteiger partial charge in [-0.3, -0.25) is 4.79 Å². The van der Waals surface area contributed by atoms with Crippen LogP contribution in [0.25, 0.3) is 21.9 Å². The van der Waals surface area contributed by atoms with E-state index in [1.54, 1.807) is 0 Å². The predicted octanol–water partition coefficient (Wildman–Crippen LogP) is 5.19. The van der Waals surface area contributed by atoms with Gasteiger partial charge in [0.05, 0.1) is 16.6 Å². The maximum Gasteiger partial charge on any atom is 0.272 e. The maximum absolute atomic E-state index is 13.2. The average Bonchev–Trinajstić information content (AvgIpc) is 3.18. The molecule has 1 amide bonds. The number of para-hydroxylation sites is 3. The van der Waals surface area contributed by atoms with Crippen molar-refractivity contribution in [2.45, 2.75) is 38.6 Å². The molecule has 0 radical (unpaired) electrons. The average molecular weight is 399 g/mol. The second kappa shape index (κ2) is 7.56. The van der Waals surface area contributed by atoms with Crippen molar-refractivity contribution in [2.75, 3.05) is 13.1 Å². The Morgan fingerprint density at radius 2 is 1.73 bits per heavy atom. The number of pyridine rings is 1. The molecule has 5 rings (SSSR count). The summed E-state index contributed by atoms with van der Waals surface area (Å²) in [7, 11) is 0. The van der Waals surface area contributed by atoms with E-state index in [0.29, 0.717) is 18.3 Å². The standard InChI is InChI=1S/C25H26N4O/c1-17(2)29-23-12-6-5-11-21(23)27-24(29)19-9-7-15-28(16-19)25(30)22-14-13-18-8-3-4-10-20(18)26-22/h3-6,8,10-14,17,19H,7,9,15-16H2,1-2H3. The number of benzene rings is 2. The molecule has 2 aromatic heterocycles. The highest BCUT2D eigenvalue weighted by atomic mass is 16.2. The summed E-state index contributed by atoms with van der Waals surface area (Å²) in [5, 5.41) is 1.05. The van der Waals surface area contributed by atoms with Gasteiger partial charge >= 0.3 is 0 Å². The van der Waals surface area contributed by atoms with Crippen molar-refractivity contribution in [3.63, 3.8) is 0 Å². The van der Waals surface area contributed by atoms with Crippen molar-refractivity contribution >= 4 is 27.8 Å². The molecule has 0 N–H and O–H groups in total. The lowest BCUT2D eigenvalue weighted by Crippen LogP contribution is -2.40. The number of amides is 1. The van der Waals surface area contributed by atoms with Gasteiger partial charge in [-0.1, -0.05) is 36.4 Å². The molecule has 152 valence electrons. The van der Waals surface area contributed by atoms with Crippen LogP contribution in [0.1, 0.15) is 55.0 Å². The van der Waals surface area contributed by atoms with Crippen LogP contribution in [0.5, 0.6) is 0 Å². The Hall–Kier alpha value is -3.21. The number of carbonyl (C=O) groups excluding carboxylic acids is 1. The summed E-state index contributed by atoms with van der Waals surface area (Å²) in [5.41, 5.74) is 3.58. The van der Waals surface area contributed by atoms with Crippen LogP contribution in [0.2, 0.25) is 0 Å². The normalized spacial score (nSPS) is 17.2. The van der Waals surface area contributed by atoms with E-state index in [0.717, 1.165) is 41.6 Å². The summed E-state index contributed by atoms with van der Waals surface area (Å²) in [5.74, 6) is 1.34. The fourth-order valence-corrected chi connectivity index (χ4v) is 4.61. The highest BCUT2D eigenvalue weighted by Gasteiger charge is 2.30. The number of likely N-dealkylation sites (tertiary alicyclic amines) is 1. The largest absolute Gasteiger partial charge is 0.337 e. The molecular formula is C25H26N4O. The predicted molar refractivity (Wildman–Crippen MR) is 120 cm³/mol.